The molecule has 2 aromatic rings. The molecule has 1 fully saturated rings. The van der Waals surface area contributed by atoms with Gasteiger partial charge in [-0.05, 0) is 31.4 Å². The average molecular weight is 346 g/mol. The van der Waals surface area contributed by atoms with Crippen LogP contribution in [0.1, 0.15) is 30.0 Å². The highest BCUT2D eigenvalue weighted by Crippen LogP contribution is 2.37. The van der Waals surface area contributed by atoms with Crippen LogP contribution in [-0.4, -0.2) is 24.2 Å². The Kier molecular flexibility index (Phi) is 4.38. The highest BCUT2D eigenvalue weighted by molar-refractivity contribution is 7.89. The quantitative estimate of drug-likeness (QED) is 0.627. The van der Waals surface area contributed by atoms with E-state index in [1.807, 2.05) is 31.2 Å². The van der Waals surface area contributed by atoms with Gasteiger partial charge in [0.1, 0.15) is 0 Å². The van der Waals surface area contributed by atoms with Gasteiger partial charge in [0.2, 0.25) is 10.0 Å². The normalized spacial score (nSPS) is 18.6. The number of aryl methyl sites for hydroxylation is 1. The van der Waals surface area contributed by atoms with Crippen molar-refractivity contribution in [3.63, 3.8) is 0 Å². The van der Waals surface area contributed by atoms with Gasteiger partial charge in [-0.25, -0.2) is 8.42 Å². The monoisotopic (exact) mass is 346 g/mol. The SMILES string of the molecule is Cc1ccc([C@H]2CCCN2S(=O)(=O)c2cccc([N+](=O)[O-])c2)cc1. The van der Waals surface area contributed by atoms with Crippen molar-refractivity contribution in [3.8, 4) is 0 Å². The number of non-ortho nitro benzene ring substituents is 1. The van der Waals surface area contributed by atoms with Gasteiger partial charge in [0.25, 0.3) is 5.69 Å². The number of nitro groups is 1. The molecule has 0 aromatic heterocycles. The Hall–Kier alpha value is -2.25. The van der Waals surface area contributed by atoms with E-state index in [1.165, 1.54) is 22.5 Å². The smallest absolute Gasteiger partial charge is 0.258 e. The van der Waals surface area contributed by atoms with Crippen LogP contribution in [0.5, 0.6) is 0 Å². The number of benzene rings is 2. The minimum absolute atomic E-state index is 0.0317. The molecule has 3 rings (SSSR count). The first-order valence-corrected chi connectivity index (χ1v) is 9.16. The van der Waals surface area contributed by atoms with Crippen LogP contribution < -0.4 is 0 Å². The number of nitro benzene ring substituents is 1. The maximum Gasteiger partial charge on any atom is 0.270 e. The summed E-state index contributed by atoms with van der Waals surface area (Å²) < 4.78 is 27.4. The van der Waals surface area contributed by atoms with Crippen LogP contribution >= 0.6 is 0 Å². The van der Waals surface area contributed by atoms with Crippen LogP contribution in [0, 0.1) is 17.0 Å². The molecule has 6 nitrogen and oxygen atoms in total. The Morgan fingerprint density at radius 2 is 1.88 bits per heavy atom. The van der Waals surface area contributed by atoms with Crippen LogP contribution in [-0.2, 0) is 10.0 Å². The van der Waals surface area contributed by atoms with Crippen molar-refractivity contribution in [2.75, 3.05) is 6.54 Å². The molecule has 0 aliphatic carbocycles. The van der Waals surface area contributed by atoms with Crippen molar-refractivity contribution in [1.82, 2.24) is 4.31 Å². The third-order valence-corrected chi connectivity index (χ3v) is 6.21. The molecule has 126 valence electrons. The van der Waals surface area contributed by atoms with Crippen LogP contribution in [0.3, 0.4) is 0 Å². The standard InChI is InChI=1S/C17H18N2O4S/c1-13-7-9-14(10-8-13)17-6-3-11-18(17)24(22,23)16-5-2-4-15(12-16)19(20)21/h2,4-5,7-10,12,17H,3,6,11H2,1H3/t17-/m1/s1. The van der Waals surface area contributed by atoms with Crippen molar-refractivity contribution in [2.45, 2.75) is 30.7 Å². The molecule has 1 aliphatic heterocycles. The lowest BCUT2D eigenvalue weighted by atomic mass is 10.0. The molecule has 1 saturated heterocycles. The van der Waals surface area contributed by atoms with Crippen LogP contribution in [0.25, 0.3) is 0 Å². The number of hydrogen-bond acceptors (Lipinski definition) is 4. The van der Waals surface area contributed by atoms with E-state index in [0.717, 1.165) is 30.0 Å². The lowest BCUT2D eigenvalue weighted by molar-refractivity contribution is -0.385. The van der Waals surface area contributed by atoms with Gasteiger partial charge in [-0.15, -0.1) is 0 Å². The fourth-order valence-electron chi connectivity index (χ4n) is 3.04. The Morgan fingerprint density at radius 1 is 1.17 bits per heavy atom. The van der Waals surface area contributed by atoms with Gasteiger partial charge in [-0.3, -0.25) is 10.1 Å². The summed E-state index contributed by atoms with van der Waals surface area (Å²) in [7, 11) is -3.77. The van der Waals surface area contributed by atoms with Crippen molar-refractivity contribution in [2.24, 2.45) is 0 Å². The third kappa shape index (κ3) is 3.05. The summed E-state index contributed by atoms with van der Waals surface area (Å²) in [4.78, 5) is 10.3. The predicted octanol–water partition coefficient (Wildman–Crippen LogP) is 3.43. The molecule has 24 heavy (non-hydrogen) atoms. The van der Waals surface area contributed by atoms with E-state index in [2.05, 4.69) is 0 Å². The van der Waals surface area contributed by atoms with Gasteiger partial charge < -0.3 is 0 Å². The number of rotatable bonds is 4. The largest absolute Gasteiger partial charge is 0.270 e. The second kappa shape index (κ2) is 6.33. The molecule has 0 spiro atoms. The zero-order valence-electron chi connectivity index (χ0n) is 13.3. The Labute approximate surface area is 140 Å². The van der Waals surface area contributed by atoms with E-state index in [0.29, 0.717) is 6.54 Å². The molecule has 1 aliphatic rings. The molecular weight excluding hydrogens is 328 g/mol. The molecule has 0 N–H and O–H groups in total. The third-order valence-electron chi connectivity index (χ3n) is 4.30. The lowest BCUT2D eigenvalue weighted by Gasteiger charge is -2.24. The summed E-state index contributed by atoms with van der Waals surface area (Å²) >= 11 is 0. The molecule has 1 heterocycles. The number of nitrogens with zero attached hydrogens (tertiary/aromatic N) is 2. The number of hydrogen-bond donors (Lipinski definition) is 0. The number of sulfonamides is 1. The fourth-order valence-corrected chi connectivity index (χ4v) is 4.77. The molecular formula is C17H18N2O4S. The van der Waals surface area contributed by atoms with E-state index in [9.17, 15) is 18.5 Å². The van der Waals surface area contributed by atoms with Gasteiger partial charge in [0, 0.05) is 18.7 Å². The van der Waals surface area contributed by atoms with Crippen LogP contribution in [0.15, 0.2) is 53.4 Å². The molecule has 2 aromatic carbocycles. The molecule has 0 radical (unpaired) electrons. The highest BCUT2D eigenvalue weighted by atomic mass is 32.2. The second-order valence-electron chi connectivity index (χ2n) is 5.94. The van der Waals surface area contributed by atoms with Crippen molar-refractivity contribution < 1.29 is 13.3 Å². The minimum Gasteiger partial charge on any atom is -0.258 e. The van der Waals surface area contributed by atoms with E-state index in [4.69, 9.17) is 0 Å². The molecule has 0 unspecified atom stereocenters. The first-order valence-electron chi connectivity index (χ1n) is 7.72. The van der Waals surface area contributed by atoms with Crippen LogP contribution in [0.2, 0.25) is 0 Å². The van der Waals surface area contributed by atoms with E-state index < -0.39 is 14.9 Å². The highest BCUT2D eigenvalue weighted by Gasteiger charge is 2.36. The molecule has 1 atom stereocenters. The molecule has 0 bridgehead atoms. The zero-order valence-corrected chi connectivity index (χ0v) is 14.1. The van der Waals surface area contributed by atoms with Crippen molar-refractivity contribution >= 4 is 15.7 Å². The summed E-state index contributed by atoms with van der Waals surface area (Å²) in [6.45, 7) is 2.40. The Balaban J connectivity index is 1.97. The van der Waals surface area contributed by atoms with Gasteiger partial charge in [-0.1, -0.05) is 35.9 Å². The molecule has 0 amide bonds. The van der Waals surface area contributed by atoms with Gasteiger partial charge in [0.05, 0.1) is 15.9 Å². The topological polar surface area (TPSA) is 80.5 Å². The zero-order chi connectivity index (χ0) is 17.3. The van der Waals surface area contributed by atoms with Crippen LogP contribution in [0.4, 0.5) is 5.69 Å². The maximum absolute atomic E-state index is 13.0. The lowest BCUT2D eigenvalue weighted by Crippen LogP contribution is -2.30. The Bertz CT molecular complexity index is 862. The van der Waals surface area contributed by atoms with E-state index in [-0.39, 0.29) is 16.6 Å². The summed E-state index contributed by atoms with van der Waals surface area (Å²) in [5.41, 5.74) is 1.85. The van der Waals surface area contributed by atoms with Crippen molar-refractivity contribution in [1.29, 1.82) is 0 Å². The Morgan fingerprint density at radius 3 is 2.54 bits per heavy atom. The molecule has 7 heteroatoms. The first kappa shape index (κ1) is 16.6. The van der Waals surface area contributed by atoms with Gasteiger partial charge in [-0.2, -0.15) is 4.31 Å². The predicted molar refractivity (Wildman–Crippen MR) is 90.1 cm³/mol. The fraction of sp³-hybridized carbons (Fsp3) is 0.294. The summed E-state index contributed by atoms with van der Waals surface area (Å²) in [5, 5.41) is 10.9. The maximum atomic E-state index is 13.0. The summed E-state index contributed by atoms with van der Waals surface area (Å²) in [6.07, 6.45) is 1.52. The van der Waals surface area contributed by atoms with Gasteiger partial charge in [0.15, 0.2) is 0 Å². The van der Waals surface area contributed by atoms with Gasteiger partial charge >= 0.3 is 0 Å². The minimum atomic E-state index is -3.77. The molecule has 0 saturated carbocycles. The summed E-state index contributed by atoms with van der Waals surface area (Å²) in [5.74, 6) is 0. The van der Waals surface area contributed by atoms with Crippen molar-refractivity contribution in [3.05, 3.63) is 69.8 Å². The summed E-state index contributed by atoms with van der Waals surface area (Å²) in [6, 6.07) is 12.8. The first-order chi connectivity index (χ1) is 11.4. The van der Waals surface area contributed by atoms with E-state index in [1.54, 1.807) is 0 Å². The van der Waals surface area contributed by atoms with E-state index >= 15 is 0 Å². The second-order valence-corrected chi connectivity index (χ2v) is 7.83. The average Bonchev–Trinajstić information content (AvgIpc) is 3.06.